The molecule has 0 spiro atoms. The van der Waals surface area contributed by atoms with Gasteiger partial charge in [0, 0.05) is 19.4 Å². The Labute approximate surface area is 108 Å². The second-order valence-corrected chi connectivity index (χ2v) is 3.71. The molecule has 0 aromatic carbocycles. The molecule has 100 valence electrons. The molecule has 0 unspecified atom stereocenters. The zero-order chi connectivity index (χ0) is 13.8. The summed E-state index contributed by atoms with van der Waals surface area (Å²) in [4.78, 5) is 26.7. The Balaban J connectivity index is 2.17. The van der Waals surface area contributed by atoms with E-state index < -0.39 is 18.5 Å². The summed E-state index contributed by atoms with van der Waals surface area (Å²) < 4.78 is 3.26. The van der Waals surface area contributed by atoms with Crippen molar-refractivity contribution >= 4 is 11.9 Å². The highest BCUT2D eigenvalue weighted by Gasteiger charge is 2.17. The largest absolute Gasteiger partial charge is 0.479 e. The van der Waals surface area contributed by atoms with Gasteiger partial charge in [-0.05, 0) is 12.1 Å². The molecule has 0 saturated carbocycles. The van der Waals surface area contributed by atoms with Crippen molar-refractivity contribution in [1.29, 1.82) is 0 Å². The van der Waals surface area contributed by atoms with E-state index in [4.69, 9.17) is 5.11 Å². The van der Waals surface area contributed by atoms with Gasteiger partial charge in [-0.1, -0.05) is 0 Å². The molecule has 0 atom stereocenters. The number of hydroxylamine groups is 1. The van der Waals surface area contributed by atoms with Crippen LogP contribution in [-0.4, -0.2) is 37.9 Å². The lowest BCUT2D eigenvalue weighted by molar-refractivity contribution is -0.144. The van der Waals surface area contributed by atoms with Crippen LogP contribution in [0.2, 0.25) is 0 Å². The summed E-state index contributed by atoms with van der Waals surface area (Å²) in [7, 11) is 1.70. The van der Waals surface area contributed by atoms with Crippen LogP contribution in [-0.2, 0) is 16.7 Å². The van der Waals surface area contributed by atoms with Crippen molar-refractivity contribution in [1.82, 2.24) is 19.8 Å². The molecule has 2 aromatic rings. The van der Waals surface area contributed by atoms with Crippen LogP contribution in [0.25, 0.3) is 5.82 Å². The topological polar surface area (TPSA) is 98.4 Å². The zero-order valence-electron chi connectivity index (χ0n) is 10.1. The highest BCUT2D eigenvalue weighted by Crippen LogP contribution is 2.13. The number of hydrogen-bond acceptors (Lipinski definition) is 4. The molecule has 2 rings (SSSR count). The van der Waals surface area contributed by atoms with Crippen molar-refractivity contribution in [2.45, 2.75) is 0 Å². The molecule has 8 heteroatoms. The Hall–Kier alpha value is -2.61. The summed E-state index contributed by atoms with van der Waals surface area (Å²) in [5, 5.41) is 12.4. The monoisotopic (exact) mass is 264 g/mol. The number of amides is 1. The van der Waals surface area contributed by atoms with Gasteiger partial charge in [-0.25, -0.2) is 10.3 Å². The number of carbonyl (C=O) groups is 2. The van der Waals surface area contributed by atoms with Gasteiger partial charge in [0.15, 0.2) is 6.61 Å². The van der Waals surface area contributed by atoms with E-state index in [1.807, 2.05) is 12.1 Å². The van der Waals surface area contributed by atoms with Crippen LogP contribution in [0.1, 0.15) is 10.4 Å². The molecule has 2 N–H and O–H groups in total. The van der Waals surface area contributed by atoms with Crippen molar-refractivity contribution in [2.75, 3.05) is 6.61 Å². The number of nitrogens with zero attached hydrogens (tertiary/aromatic N) is 3. The quantitative estimate of drug-likeness (QED) is 0.738. The number of aromatic nitrogens is 3. The molecule has 2 heterocycles. The number of aryl methyl sites for hydroxylation is 1. The maximum absolute atomic E-state index is 11.9. The molecule has 0 saturated heterocycles. The number of carboxylic acids is 1. The molecule has 0 aliphatic heterocycles. The van der Waals surface area contributed by atoms with E-state index in [2.05, 4.69) is 15.4 Å². The van der Waals surface area contributed by atoms with Crippen LogP contribution in [0.3, 0.4) is 0 Å². The highest BCUT2D eigenvalue weighted by molar-refractivity contribution is 5.96. The van der Waals surface area contributed by atoms with Gasteiger partial charge in [0.05, 0.1) is 6.20 Å². The summed E-state index contributed by atoms with van der Waals surface area (Å²) >= 11 is 0. The first-order chi connectivity index (χ1) is 9.09. The number of aliphatic carboxylic acids is 1. The Morgan fingerprint density at radius 3 is 2.74 bits per heavy atom. The van der Waals surface area contributed by atoms with Crippen molar-refractivity contribution in [3.63, 3.8) is 0 Å². The van der Waals surface area contributed by atoms with Crippen LogP contribution in [0.4, 0.5) is 0 Å². The molecular formula is C11H12N4O4. The first-order valence-corrected chi connectivity index (χ1v) is 5.39. The summed E-state index contributed by atoms with van der Waals surface area (Å²) in [6.45, 7) is -0.606. The van der Waals surface area contributed by atoms with Gasteiger partial charge in [0.1, 0.15) is 11.4 Å². The van der Waals surface area contributed by atoms with Gasteiger partial charge in [-0.15, -0.1) is 0 Å². The first kappa shape index (κ1) is 12.8. The van der Waals surface area contributed by atoms with E-state index in [1.165, 1.54) is 10.9 Å². The number of rotatable bonds is 5. The zero-order valence-corrected chi connectivity index (χ0v) is 10.1. The van der Waals surface area contributed by atoms with Crippen molar-refractivity contribution < 1.29 is 19.5 Å². The number of hydrogen-bond donors (Lipinski definition) is 2. The fourth-order valence-corrected chi connectivity index (χ4v) is 1.59. The molecule has 0 aliphatic carbocycles. The van der Waals surface area contributed by atoms with Gasteiger partial charge in [0.25, 0.3) is 5.91 Å². The summed E-state index contributed by atoms with van der Waals surface area (Å²) in [5.41, 5.74) is 2.34. The van der Waals surface area contributed by atoms with Gasteiger partial charge < -0.3 is 9.67 Å². The molecule has 0 aliphatic rings. The van der Waals surface area contributed by atoms with Gasteiger partial charge in [0.2, 0.25) is 0 Å². The predicted octanol–water partition coefficient (Wildman–Crippen LogP) is -0.0432. The lowest BCUT2D eigenvalue weighted by Gasteiger charge is -2.07. The van der Waals surface area contributed by atoms with Crippen LogP contribution in [0, 0.1) is 0 Å². The fourth-order valence-electron chi connectivity index (χ4n) is 1.59. The predicted molar refractivity (Wildman–Crippen MR) is 63.6 cm³/mol. The van der Waals surface area contributed by atoms with Crippen molar-refractivity contribution in [3.8, 4) is 5.82 Å². The minimum Gasteiger partial charge on any atom is -0.479 e. The molecule has 19 heavy (non-hydrogen) atoms. The number of carbonyl (C=O) groups excluding carboxylic acids is 1. The Bertz CT molecular complexity index is 588. The van der Waals surface area contributed by atoms with Crippen LogP contribution >= 0.6 is 0 Å². The van der Waals surface area contributed by atoms with Crippen LogP contribution in [0.15, 0.2) is 30.7 Å². The minimum absolute atomic E-state index is 0.282. The molecule has 0 radical (unpaired) electrons. The van der Waals surface area contributed by atoms with E-state index >= 15 is 0 Å². The molecule has 0 bridgehead atoms. The number of carboxylic acid groups (broad SMARTS) is 1. The Morgan fingerprint density at radius 2 is 2.11 bits per heavy atom. The molecule has 0 fully saturated rings. The molecule has 1 amide bonds. The maximum Gasteiger partial charge on any atom is 0.332 e. The standard InChI is InChI=1S/C11H12N4O4/c1-14-11(15-4-2-3-5-15)8(6-12-14)10(18)13-19-7-9(16)17/h2-6H,7H2,1H3,(H,13,18)(H,16,17). The van der Waals surface area contributed by atoms with Crippen LogP contribution in [0.5, 0.6) is 0 Å². The maximum atomic E-state index is 11.9. The van der Waals surface area contributed by atoms with Crippen molar-refractivity contribution in [3.05, 3.63) is 36.3 Å². The third-order valence-corrected chi connectivity index (χ3v) is 2.36. The van der Waals surface area contributed by atoms with Crippen LogP contribution < -0.4 is 5.48 Å². The normalized spacial score (nSPS) is 10.4. The second-order valence-electron chi connectivity index (χ2n) is 3.71. The van der Waals surface area contributed by atoms with E-state index in [-0.39, 0.29) is 5.56 Å². The third-order valence-electron chi connectivity index (χ3n) is 2.36. The molecular weight excluding hydrogens is 252 g/mol. The summed E-state index contributed by atoms with van der Waals surface area (Å²) in [5.74, 6) is -1.17. The fraction of sp³-hybridized carbons (Fsp3) is 0.182. The summed E-state index contributed by atoms with van der Waals surface area (Å²) in [6.07, 6.45) is 4.92. The van der Waals surface area contributed by atoms with E-state index in [0.29, 0.717) is 5.82 Å². The van der Waals surface area contributed by atoms with E-state index in [0.717, 1.165) is 0 Å². The summed E-state index contributed by atoms with van der Waals surface area (Å²) in [6, 6.07) is 3.63. The highest BCUT2D eigenvalue weighted by atomic mass is 16.7. The minimum atomic E-state index is -1.17. The lowest BCUT2D eigenvalue weighted by atomic mass is 10.3. The van der Waals surface area contributed by atoms with Crippen molar-refractivity contribution in [2.24, 2.45) is 7.05 Å². The van der Waals surface area contributed by atoms with Gasteiger partial charge >= 0.3 is 5.97 Å². The van der Waals surface area contributed by atoms with E-state index in [9.17, 15) is 9.59 Å². The Morgan fingerprint density at radius 1 is 1.42 bits per heavy atom. The smallest absolute Gasteiger partial charge is 0.332 e. The van der Waals surface area contributed by atoms with E-state index in [1.54, 1.807) is 24.0 Å². The average molecular weight is 264 g/mol. The lowest BCUT2D eigenvalue weighted by Crippen LogP contribution is -2.27. The SMILES string of the molecule is Cn1ncc(C(=O)NOCC(=O)O)c1-n1cccc1. The average Bonchev–Trinajstić information content (AvgIpc) is 2.96. The second kappa shape index (κ2) is 5.36. The van der Waals surface area contributed by atoms with Gasteiger partial charge in [-0.3, -0.25) is 14.3 Å². The third kappa shape index (κ3) is 2.80. The molecule has 2 aromatic heterocycles. The Kier molecular flexibility index (Phi) is 3.62. The first-order valence-electron chi connectivity index (χ1n) is 5.39. The van der Waals surface area contributed by atoms with Gasteiger partial charge in [-0.2, -0.15) is 5.10 Å². The molecule has 8 nitrogen and oxygen atoms in total. The number of nitrogens with one attached hydrogen (secondary N) is 1.